The van der Waals surface area contributed by atoms with Crippen LogP contribution in [0.2, 0.25) is 5.02 Å². The first-order valence-corrected chi connectivity index (χ1v) is 10.4. The number of thiazole rings is 1. The summed E-state index contributed by atoms with van der Waals surface area (Å²) in [6.45, 7) is 0.695. The average Bonchev–Trinajstić information content (AvgIpc) is 3.03. The van der Waals surface area contributed by atoms with Gasteiger partial charge in [0.1, 0.15) is 0 Å². The summed E-state index contributed by atoms with van der Waals surface area (Å²) in [7, 11) is 0. The van der Waals surface area contributed by atoms with Gasteiger partial charge in [0, 0.05) is 35.1 Å². The Morgan fingerprint density at radius 3 is 2.76 bits per heavy atom. The second-order valence-corrected chi connectivity index (χ2v) is 8.30. The lowest BCUT2D eigenvalue weighted by Crippen LogP contribution is -2.24. The average molecular weight is 391 g/mol. The molecule has 0 radical (unpaired) electrons. The minimum atomic E-state index is 0.103. The molecule has 0 atom stereocenters. The Hall–Kier alpha value is -1.56. The van der Waals surface area contributed by atoms with E-state index in [9.17, 15) is 4.79 Å². The van der Waals surface area contributed by atoms with Gasteiger partial charge >= 0.3 is 0 Å². The zero-order valence-corrected chi connectivity index (χ0v) is 16.1. The predicted octanol–water partition coefficient (Wildman–Crippen LogP) is 5.18. The molecule has 1 amide bonds. The zero-order chi connectivity index (χ0) is 17.5. The van der Waals surface area contributed by atoms with E-state index in [1.165, 1.54) is 4.70 Å². The normalized spacial score (nSPS) is 10.9. The molecule has 0 aliphatic rings. The topological polar surface area (TPSA) is 42.0 Å². The molecule has 0 fully saturated rings. The fraction of sp³-hybridized carbons (Fsp3) is 0.263. The molecule has 1 heterocycles. The first-order valence-electron chi connectivity index (χ1n) is 8.20. The smallest absolute Gasteiger partial charge is 0.220 e. The van der Waals surface area contributed by atoms with Crippen molar-refractivity contribution >= 4 is 50.8 Å². The van der Waals surface area contributed by atoms with Gasteiger partial charge in [-0.1, -0.05) is 23.7 Å². The maximum atomic E-state index is 11.9. The zero-order valence-electron chi connectivity index (χ0n) is 13.7. The van der Waals surface area contributed by atoms with E-state index < -0.39 is 0 Å². The van der Waals surface area contributed by atoms with E-state index in [-0.39, 0.29) is 5.91 Å². The van der Waals surface area contributed by atoms with Crippen LogP contribution in [0.4, 0.5) is 0 Å². The summed E-state index contributed by atoms with van der Waals surface area (Å²) in [6, 6.07) is 15.9. The van der Waals surface area contributed by atoms with Gasteiger partial charge in [-0.05, 0) is 42.8 Å². The van der Waals surface area contributed by atoms with Gasteiger partial charge in [-0.15, -0.1) is 23.1 Å². The lowest BCUT2D eigenvalue weighted by Gasteiger charge is -2.05. The third kappa shape index (κ3) is 5.73. The number of hydrogen-bond donors (Lipinski definition) is 1. The molecule has 0 aliphatic carbocycles. The minimum absolute atomic E-state index is 0.103. The Kier molecular flexibility index (Phi) is 6.73. The van der Waals surface area contributed by atoms with Gasteiger partial charge in [0.15, 0.2) is 0 Å². The number of carbonyl (C=O) groups is 1. The van der Waals surface area contributed by atoms with Crippen molar-refractivity contribution in [3.8, 4) is 0 Å². The molecule has 0 unspecified atom stereocenters. The van der Waals surface area contributed by atoms with E-state index in [0.717, 1.165) is 39.0 Å². The summed E-state index contributed by atoms with van der Waals surface area (Å²) >= 11 is 9.26. The van der Waals surface area contributed by atoms with Crippen LogP contribution in [-0.4, -0.2) is 23.2 Å². The number of nitrogens with zero attached hydrogens (tertiary/aromatic N) is 1. The van der Waals surface area contributed by atoms with Crippen molar-refractivity contribution in [3.63, 3.8) is 0 Å². The summed E-state index contributed by atoms with van der Waals surface area (Å²) in [5.74, 6) is 0.872. The molecule has 6 heteroatoms. The highest BCUT2D eigenvalue weighted by Gasteiger charge is 2.05. The van der Waals surface area contributed by atoms with Gasteiger partial charge < -0.3 is 5.32 Å². The number of hydrogen-bond acceptors (Lipinski definition) is 4. The SMILES string of the molecule is O=C(CCSc1ccc(Cl)cc1)NCCCc1nc2ccccc2s1. The Morgan fingerprint density at radius 2 is 1.96 bits per heavy atom. The molecule has 3 aromatic rings. The van der Waals surface area contributed by atoms with Crippen LogP contribution in [0.1, 0.15) is 17.8 Å². The van der Waals surface area contributed by atoms with Crippen LogP contribution in [-0.2, 0) is 11.2 Å². The molecule has 130 valence electrons. The Balaban J connectivity index is 1.31. The molecule has 0 saturated heterocycles. The predicted molar refractivity (Wildman–Crippen MR) is 108 cm³/mol. The molecule has 0 aliphatic heterocycles. The van der Waals surface area contributed by atoms with Gasteiger partial charge in [0.05, 0.1) is 15.2 Å². The second-order valence-electron chi connectivity index (χ2n) is 5.58. The van der Waals surface area contributed by atoms with E-state index in [2.05, 4.69) is 16.4 Å². The van der Waals surface area contributed by atoms with E-state index in [1.54, 1.807) is 23.1 Å². The van der Waals surface area contributed by atoms with Crippen LogP contribution in [0, 0.1) is 0 Å². The van der Waals surface area contributed by atoms with Crippen molar-refractivity contribution in [1.29, 1.82) is 0 Å². The van der Waals surface area contributed by atoms with E-state index in [1.807, 2.05) is 42.5 Å². The van der Waals surface area contributed by atoms with E-state index >= 15 is 0 Å². The van der Waals surface area contributed by atoms with Gasteiger partial charge in [-0.2, -0.15) is 0 Å². The number of nitrogens with one attached hydrogen (secondary N) is 1. The molecule has 0 saturated carbocycles. The molecule has 0 bridgehead atoms. The first-order chi connectivity index (χ1) is 12.2. The maximum Gasteiger partial charge on any atom is 0.220 e. The van der Waals surface area contributed by atoms with Crippen molar-refractivity contribution in [2.24, 2.45) is 0 Å². The molecule has 2 aromatic carbocycles. The molecule has 3 rings (SSSR count). The molecule has 25 heavy (non-hydrogen) atoms. The molecule has 1 aromatic heterocycles. The third-order valence-electron chi connectivity index (χ3n) is 3.64. The largest absolute Gasteiger partial charge is 0.356 e. The highest BCUT2D eigenvalue weighted by molar-refractivity contribution is 7.99. The quantitative estimate of drug-likeness (QED) is 0.425. The number of para-hydroxylation sites is 1. The number of fused-ring (bicyclic) bond motifs is 1. The lowest BCUT2D eigenvalue weighted by molar-refractivity contribution is -0.120. The van der Waals surface area contributed by atoms with Crippen molar-refractivity contribution in [2.45, 2.75) is 24.2 Å². The molecule has 0 spiro atoms. The molecule has 1 N–H and O–H groups in total. The summed E-state index contributed by atoms with van der Waals surface area (Å²) in [5, 5.41) is 4.85. The Morgan fingerprint density at radius 1 is 1.16 bits per heavy atom. The standard InChI is InChI=1S/C19H19ClN2OS2/c20-14-7-9-15(10-8-14)24-13-11-18(23)21-12-3-6-19-22-16-4-1-2-5-17(16)25-19/h1-2,4-5,7-10H,3,6,11-13H2,(H,21,23). The summed E-state index contributed by atoms with van der Waals surface area (Å²) in [5.41, 5.74) is 1.06. The molecular formula is C19H19ClN2OS2. The lowest BCUT2D eigenvalue weighted by atomic mass is 10.3. The number of halogens is 1. The monoisotopic (exact) mass is 390 g/mol. The van der Waals surface area contributed by atoms with Crippen molar-refractivity contribution in [1.82, 2.24) is 10.3 Å². The van der Waals surface area contributed by atoms with Crippen molar-refractivity contribution in [2.75, 3.05) is 12.3 Å². The van der Waals surface area contributed by atoms with Crippen molar-refractivity contribution < 1.29 is 4.79 Å². The van der Waals surface area contributed by atoms with Crippen LogP contribution in [0.15, 0.2) is 53.4 Å². The minimum Gasteiger partial charge on any atom is -0.356 e. The van der Waals surface area contributed by atoms with Gasteiger partial charge in [0.2, 0.25) is 5.91 Å². The number of aromatic nitrogens is 1. The van der Waals surface area contributed by atoms with Crippen LogP contribution in [0.3, 0.4) is 0 Å². The van der Waals surface area contributed by atoms with E-state index in [0.29, 0.717) is 13.0 Å². The summed E-state index contributed by atoms with van der Waals surface area (Å²) in [6.07, 6.45) is 2.34. The number of aryl methyl sites for hydroxylation is 1. The first kappa shape index (κ1) is 18.2. The second kappa shape index (κ2) is 9.22. The van der Waals surface area contributed by atoms with Gasteiger partial charge in [-0.3, -0.25) is 4.79 Å². The molecular weight excluding hydrogens is 372 g/mol. The Bertz CT molecular complexity index is 800. The fourth-order valence-corrected chi connectivity index (χ4v) is 4.36. The number of thioether (sulfide) groups is 1. The van der Waals surface area contributed by atoms with Crippen LogP contribution in [0.5, 0.6) is 0 Å². The molecule has 3 nitrogen and oxygen atoms in total. The summed E-state index contributed by atoms with van der Waals surface area (Å²) < 4.78 is 1.22. The van der Waals surface area contributed by atoms with E-state index in [4.69, 9.17) is 11.6 Å². The number of carbonyl (C=O) groups excluding carboxylic acids is 1. The maximum absolute atomic E-state index is 11.9. The Labute approximate surface area is 160 Å². The number of rotatable bonds is 8. The number of benzene rings is 2. The highest BCUT2D eigenvalue weighted by atomic mass is 35.5. The van der Waals surface area contributed by atoms with Crippen LogP contribution < -0.4 is 5.32 Å². The third-order valence-corrected chi connectivity index (χ3v) is 6.00. The van der Waals surface area contributed by atoms with Crippen LogP contribution >= 0.6 is 34.7 Å². The van der Waals surface area contributed by atoms with Gasteiger partial charge in [0.25, 0.3) is 0 Å². The highest BCUT2D eigenvalue weighted by Crippen LogP contribution is 2.22. The van der Waals surface area contributed by atoms with Gasteiger partial charge in [-0.25, -0.2) is 4.98 Å². The number of amides is 1. The van der Waals surface area contributed by atoms with Crippen LogP contribution in [0.25, 0.3) is 10.2 Å². The summed E-state index contributed by atoms with van der Waals surface area (Å²) in [4.78, 5) is 17.6. The van der Waals surface area contributed by atoms with Crippen molar-refractivity contribution in [3.05, 3.63) is 58.6 Å². The fourth-order valence-electron chi connectivity index (χ4n) is 2.38.